The van der Waals surface area contributed by atoms with Crippen LogP contribution in [0.4, 0.5) is 4.39 Å². The maximum atomic E-state index is 13.5. The molecule has 2 aromatic rings. The van der Waals surface area contributed by atoms with E-state index in [4.69, 9.17) is 0 Å². The standard InChI is InChI=1S/C23H29FOS/c1-4-6-13-23(5-2)15-26-20-12-7-16(3)14-19(20)21(22(23)25)17-8-10-18(24)11-9-17/h7-12,14,21-22,25H,4-6,13,15H2,1-3H3/t21-,22-,23+/m0/s1. The molecule has 0 spiro atoms. The summed E-state index contributed by atoms with van der Waals surface area (Å²) >= 11 is 1.87. The van der Waals surface area contributed by atoms with Crippen molar-refractivity contribution in [2.24, 2.45) is 5.41 Å². The molecule has 1 aliphatic heterocycles. The van der Waals surface area contributed by atoms with Gasteiger partial charge in [-0.3, -0.25) is 0 Å². The van der Waals surface area contributed by atoms with Gasteiger partial charge in [0.1, 0.15) is 5.82 Å². The molecule has 0 aromatic heterocycles. The second kappa shape index (κ2) is 8.14. The van der Waals surface area contributed by atoms with E-state index in [0.717, 1.165) is 37.0 Å². The van der Waals surface area contributed by atoms with E-state index in [9.17, 15) is 9.50 Å². The van der Waals surface area contributed by atoms with Crippen LogP contribution in [0.5, 0.6) is 0 Å². The fourth-order valence-electron chi connectivity index (χ4n) is 4.14. The summed E-state index contributed by atoms with van der Waals surface area (Å²) in [5.74, 6) is 0.582. The van der Waals surface area contributed by atoms with Gasteiger partial charge in [-0.1, -0.05) is 56.5 Å². The molecule has 0 bridgehead atoms. The number of unbranched alkanes of at least 4 members (excludes halogenated alkanes) is 1. The number of halogens is 1. The van der Waals surface area contributed by atoms with Crippen molar-refractivity contribution in [1.29, 1.82) is 0 Å². The lowest BCUT2D eigenvalue weighted by molar-refractivity contribution is 0.0182. The topological polar surface area (TPSA) is 20.2 Å². The first-order valence-corrected chi connectivity index (χ1v) is 10.7. The quantitative estimate of drug-likeness (QED) is 0.663. The maximum absolute atomic E-state index is 13.5. The zero-order valence-corrected chi connectivity index (χ0v) is 16.8. The Hall–Kier alpha value is -1.32. The van der Waals surface area contributed by atoms with Gasteiger partial charge in [-0.15, -0.1) is 11.8 Å². The second-order valence-corrected chi connectivity index (χ2v) is 8.64. The molecule has 1 heterocycles. The van der Waals surface area contributed by atoms with Gasteiger partial charge >= 0.3 is 0 Å². The summed E-state index contributed by atoms with van der Waals surface area (Å²) in [4.78, 5) is 1.25. The van der Waals surface area contributed by atoms with Gasteiger partial charge in [-0.2, -0.15) is 0 Å². The van der Waals surface area contributed by atoms with Crippen LogP contribution >= 0.6 is 11.8 Å². The van der Waals surface area contributed by atoms with Crippen LogP contribution in [0.25, 0.3) is 0 Å². The van der Waals surface area contributed by atoms with Crippen LogP contribution in [0.3, 0.4) is 0 Å². The number of benzene rings is 2. The lowest BCUT2D eigenvalue weighted by Crippen LogP contribution is -2.40. The van der Waals surface area contributed by atoms with Gasteiger partial charge in [0.25, 0.3) is 0 Å². The summed E-state index contributed by atoms with van der Waals surface area (Å²) in [5, 5.41) is 11.6. The molecule has 1 aliphatic rings. The zero-order chi connectivity index (χ0) is 18.7. The Morgan fingerprint density at radius 3 is 2.54 bits per heavy atom. The first kappa shape index (κ1) is 19.4. The Labute approximate surface area is 161 Å². The molecule has 3 atom stereocenters. The van der Waals surface area contributed by atoms with Crippen LogP contribution in [-0.2, 0) is 0 Å². The van der Waals surface area contributed by atoms with Gasteiger partial charge in [0.05, 0.1) is 6.10 Å². The molecular formula is C23H29FOS. The third kappa shape index (κ3) is 3.70. The lowest BCUT2D eigenvalue weighted by atomic mass is 9.69. The van der Waals surface area contributed by atoms with E-state index in [1.165, 1.54) is 28.2 Å². The van der Waals surface area contributed by atoms with E-state index in [1.54, 1.807) is 0 Å². The van der Waals surface area contributed by atoms with Crippen molar-refractivity contribution >= 4 is 11.8 Å². The van der Waals surface area contributed by atoms with Crippen molar-refractivity contribution < 1.29 is 9.50 Å². The van der Waals surface area contributed by atoms with Crippen molar-refractivity contribution in [3.63, 3.8) is 0 Å². The van der Waals surface area contributed by atoms with Crippen LogP contribution < -0.4 is 0 Å². The zero-order valence-electron chi connectivity index (χ0n) is 16.0. The molecule has 0 aliphatic carbocycles. The van der Waals surface area contributed by atoms with E-state index in [2.05, 4.69) is 39.0 Å². The Morgan fingerprint density at radius 2 is 1.88 bits per heavy atom. The molecule has 1 N–H and O–H groups in total. The molecule has 140 valence electrons. The number of aliphatic hydroxyl groups excluding tert-OH is 1. The Morgan fingerprint density at radius 1 is 1.15 bits per heavy atom. The molecular weight excluding hydrogens is 343 g/mol. The van der Waals surface area contributed by atoms with Crippen molar-refractivity contribution in [3.8, 4) is 0 Å². The molecule has 0 amide bonds. The third-order valence-corrected chi connectivity index (χ3v) is 7.32. The molecule has 26 heavy (non-hydrogen) atoms. The number of hydrogen-bond donors (Lipinski definition) is 1. The predicted octanol–water partition coefficient (Wildman–Crippen LogP) is 6.32. The summed E-state index contributed by atoms with van der Waals surface area (Å²) < 4.78 is 13.5. The minimum absolute atomic E-state index is 0.114. The minimum Gasteiger partial charge on any atom is -0.392 e. The normalized spacial score (nSPS) is 25.6. The summed E-state index contributed by atoms with van der Waals surface area (Å²) in [5.41, 5.74) is 3.26. The number of aliphatic hydroxyl groups is 1. The number of hydrogen-bond acceptors (Lipinski definition) is 2. The smallest absolute Gasteiger partial charge is 0.123 e. The van der Waals surface area contributed by atoms with Crippen LogP contribution in [0.2, 0.25) is 0 Å². The molecule has 2 aromatic carbocycles. The van der Waals surface area contributed by atoms with Gasteiger partial charge in [0.15, 0.2) is 0 Å². The van der Waals surface area contributed by atoms with Crippen molar-refractivity contribution in [2.75, 3.05) is 5.75 Å². The fraction of sp³-hybridized carbons (Fsp3) is 0.478. The van der Waals surface area contributed by atoms with Crippen molar-refractivity contribution in [1.82, 2.24) is 0 Å². The van der Waals surface area contributed by atoms with Gasteiger partial charge in [-0.25, -0.2) is 4.39 Å². The molecule has 0 saturated carbocycles. The number of rotatable bonds is 5. The van der Waals surface area contributed by atoms with E-state index in [-0.39, 0.29) is 17.2 Å². The van der Waals surface area contributed by atoms with Crippen molar-refractivity contribution in [3.05, 3.63) is 65.0 Å². The lowest BCUT2D eigenvalue weighted by Gasteiger charge is -2.39. The highest BCUT2D eigenvalue weighted by Crippen LogP contribution is 2.50. The Balaban J connectivity index is 2.13. The fourth-order valence-corrected chi connectivity index (χ4v) is 5.62. The van der Waals surface area contributed by atoms with Crippen LogP contribution in [0.1, 0.15) is 62.1 Å². The second-order valence-electron chi connectivity index (χ2n) is 7.62. The average molecular weight is 373 g/mol. The summed E-state index contributed by atoms with van der Waals surface area (Å²) in [6.07, 6.45) is 3.76. The predicted molar refractivity (Wildman–Crippen MR) is 108 cm³/mol. The van der Waals surface area contributed by atoms with E-state index < -0.39 is 6.10 Å². The molecule has 3 heteroatoms. The Bertz CT molecular complexity index is 742. The number of thioether (sulfide) groups is 1. The van der Waals surface area contributed by atoms with E-state index in [0.29, 0.717) is 0 Å². The molecule has 0 radical (unpaired) electrons. The van der Waals surface area contributed by atoms with Crippen molar-refractivity contribution in [2.45, 2.75) is 63.4 Å². The summed E-state index contributed by atoms with van der Waals surface area (Å²) in [7, 11) is 0. The molecule has 1 nitrogen and oxygen atoms in total. The van der Waals surface area contributed by atoms with Gasteiger partial charge in [-0.05, 0) is 49.1 Å². The third-order valence-electron chi connectivity index (χ3n) is 5.92. The maximum Gasteiger partial charge on any atom is 0.123 e. The van der Waals surface area contributed by atoms with Crippen LogP contribution in [-0.4, -0.2) is 17.0 Å². The largest absolute Gasteiger partial charge is 0.392 e. The molecule has 0 saturated heterocycles. The average Bonchev–Trinajstić information content (AvgIpc) is 2.76. The monoisotopic (exact) mass is 372 g/mol. The highest BCUT2D eigenvalue weighted by Gasteiger charge is 2.44. The van der Waals surface area contributed by atoms with E-state index in [1.807, 2.05) is 23.9 Å². The van der Waals surface area contributed by atoms with Gasteiger partial charge in [0.2, 0.25) is 0 Å². The highest BCUT2D eigenvalue weighted by molar-refractivity contribution is 7.99. The van der Waals surface area contributed by atoms with Crippen LogP contribution in [0, 0.1) is 18.2 Å². The summed E-state index contributed by atoms with van der Waals surface area (Å²) in [6, 6.07) is 13.2. The van der Waals surface area contributed by atoms with Gasteiger partial charge in [0, 0.05) is 22.0 Å². The number of fused-ring (bicyclic) bond motifs is 1. The molecule has 0 fully saturated rings. The van der Waals surface area contributed by atoms with E-state index >= 15 is 0 Å². The highest BCUT2D eigenvalue weighted by atomic mass is 32.2. The summed E-state index contributed by atoms with van der Waals surface area (Å²) in [6.45, 7) is 6.49. The van der Waals surface area contributed by atoms with Gasteiger partial charge < -0.3 is 5.11 Å². The first-order chi connectivity index (χ1) is 12.5. The first-order valence-electron chi connectivity index (χ1n) is 9.67. The molecule has 3 rings (SSSR count). The SMILES string of the molecule is CCCC[C@]1(CC)CSc2ccc(C)cc2[C@H](c2ccc(F)cc2)[C@@H]1O. The van der Waals surface area contributed by atoms with Crippen LogP contribution in [0.15, 0.2) is 47.4 Å². The Kier molecular flexibility index (Phi) is 6.09. The molecule has 0 unspecified atom stereocenters. The minimum atomic E-state index is -0.472. The number of aryl methyl sites for hydroxylation is 1.